The molecule has 0 aromatic heterocycles. The third-order valence-corrected chi connectivity index (χ3v) is 4.90. The average molecular weight is 423 g/mol. The van der Waals surface area contributed by atoms with Crippen molar-refractivity contribution in [2.45, 2.75) is 12.8 Å². The minimum Gasteiger partial charge on any atom is -0.493 e. The predicted octanol–water partition coefficient (Wildman–Crippen LogP) is 5.11. The first-order valence-corrected chi connectivity index (χ1v) is 9.67. The molecule has 0 spiro atoms. The van der Waals surface area contributed by atoms with Crippen LogP contribution in [0.3, 0.4) is 0 Å². The molecule has 3 nitrogen and oxygen atoms in total. The van der Waals surface area contributed by atoms with E-state index in [1.54, 1.807) is 0 Å². The van der Waals surface area contributed by atoms with Gasteiger partial charge in [-0.25, -0.2) is 0 Å². The molecule has 2 aromatic rings. The number of benzene rings is 2. The Morgan fingerprint density at radius 3 is 2.25 bits per heavy atom. The van der Waals surface area contributed by atoms with Gasteiger partial charge in [0.05, 0.1) is 6.61 Å². The maximum Gasteiger partial charge on any atom is 0.126 e. The first-order chi connectivity index (χ1) is 12.8. The van der Waals surface area contributed by atoms with Crippen molar-refractivity contribution >= 4 is 37.0 Å². The zero-order valence-electron chi connectivity index (χ0n) is 16.6. The van der Waals surface area contributed by atoms with E-state index in [-0.39, 0.29) is 24.8 Å². The van der Waals surface area contributed by atoms with Crippen LogP contribution < -0.4 is 4.74 Å². The van der Waals surface area contributed by atoms with Gasteiger partial charge in [0.15, 0.2) is 0 Å². The van der Waals surface area contributed by atoms with E-state index in [1.807, 2.05) is 12.1 Å². The summed E-state index contributed by atoms with van der Waals surface area (Å²) >= 11 is 0. The Balaban J connectivity index is 0.00000196. The molecule has 0 amide bonds. The number of hydrogen-bond donors (Lipinski definition) is 0. The number of unbranched alkanes of at least 4 members (excludes halogenated alkanes) is 1. The van der Waals surface area contributed by atoms with Crippen LogP contribution in [0.15, 0.2) is 54.6 Å². The molecule has 3 rings (SSSR count). The lowest BCUT2D eigenvalue weighted by atomic mass is 10.1. The molecule has 0 saturated carbocycles. The van der Waals surface area contributed by atoms with Gasteiger partial charge in [0.1, 0.15) is 5.75 Å². The largest absolute Gasteiger partial charge is 0.493 e. The molecule has 0 bridgehead atoms. The van der Waals surface area contributed by atoms with E-state index in [0.29, 0.717) is 0 Å². The molecular weight excluding hydrogens is 391 g/mol. The molecular formula is C23H32Cl2N2O. The molecule has 0 atom stereocenters. The summed E-state index contributed by atoms with van der Waals surface area (Å²) in [6, 6.07) is 18.6. The molecule has 28 heavy (non-hydrogen) atoms. The van der Waals surface area contributed by atoms with Gasteiger partial charge in [0.2, 0.25) is 0 Å². The Morgan fingerprint density at radius 2 is 1.50 bits per heavy atom. The van der Waals surface area contributed by atoms with Crippen LogP contribution in [0.2, 0.25) is 0 Å². The van der Waals surface area contributed by atoms with Gasteiger partial charge in [-0.2, -0.15) is 0 Å². The lowest BCUT2D eigenvalue weighted by Crippen LogP contribution is -2.44. The zero-order chi connectivity index (χ0) is 18.0. The van der Waals surface area contributed by atoms with Gasteiger partial charge in [-0.3, -0.25) is 0 Å². The SMILES string of the molecule is CN1CCN(CCCCOc2ccccc2/C=C/c2ccccc2)CC1.Cl.Cl. The van der Waals surface area contributed by atoms with E-state index in [9.17, 15) is 0 Å². The number of para-hydroxylation sites is 1. The van der Waals surface area contributed by atoms with Crippen LogP contribution in [0.1, 0.15) is 24.0 Å². The summed E-state index contributed by atoms with van der Waals surface area (Å²) in [7, 11) is 2.20. The monoisotopic (exact) mass is 422 g/mol. The summed E-state index contributed by atoms with van der Waals surface area (Å²) in [6.07, 6.45) is 6.57. The Kier molecular flexibility index (Phi) is 11.9. The maximum absolute atomic E-state index is 6.05. The van der Waals surface area contributed by atoms with Gasteiger partial charge >= 0.3 is 0 Å². The van der Waals surface area contributed by atoms with Crippen molar-refractivity contribution in [3.05, 3.63) is 65.7 Å². The molecule has 0 unspecified atom stereocenters. The normalized spacial score (nSPS) is 15.0. The number of halogens is 2. The molecule has 0 aliphatic carbocycles. The highest BCUT2D eigenvalue weighted by atomic mass is 35.5. The quantitative estimate of drug-likeness (QED) is 0.434. The van der Waals surface area contributed by atoms with Crippen molar-refractivity contribution in [1.29, 1.82) is 0 Å². The molecule has 0 N–H and O–H groups in total. The van der Waals surface area contributed by atoms with E-state index in [2.05, 4.69) is 71.5 Å². The fourth-order valence-corrected chi connectivity index (χ4v) is 3.19. The number of piperazine rings is 1. The summed E-state index contributed by atoms with van der Waals surface area (Å²) in [6.45, 7) is 6.75. The number of nitrogens with zero attached hydrogens (tertiary/aromatic N) is 2. The summed E-state index contributed by atoms with van der Waals surface area (Å²) in [5.74, 6) is 0.972. The molecule has 2 aromatic carbocycles. The minimum atomic E-state index is 0. The molecule has 154 valence electrons. The Morgan fingerprint density at radius 1 is 0.821 bits per heavy atom. The van der Waals surface area contributed by atoms with Crippen LogP contribution in [0.25, 0.3) is 12.2 Å². The van der Waals surface area contributed by atoms with Gasteiger partial charge < -0.3 is 14.5 Å². The Hall–Kier alpha value is -1.52. The summed E-state index contributed by atoms with van der Waals surface area (Å²) < 4.78 is 6.05. The van der Waals surface area contributed by atoms with Gasteiger partial charge in [0, 0.05) is 31.7 Å². The van der Waals surface area contributed by atoms with E-state index in [4.69, 9.17) is 4.74 Å². The Bertz CT molecular complexity index is 686. The highest BCUT2D eigenvalue weighted by Gasteiger charge is 2.12. The lowest BCUT2D eigenvalue weighted by molar-refractivity contribution is 0.150. The van der Waals surface area contributed by atoms with Crippen LogP contribution in [-0.4, -0.2) is 56.2 Å². The van der Waals surface area contributed by atoms with Crippen LogP contribution >= 0.6 is 24.8 Å². The van der Waals surface area contributed by atoms with Crippen molar-refractivity contribution < 1.29 is 4.74 Å². The van der Waals surface area contributed by atoms with Crippen molar-refractivity contribution in [2.75, 3.05) is 46.4 Å². The second-order valence-electron chi connectivity index (χ2n) is 6.98. The topological polar surface area (TPSA) is 15.7 Å². The first kappa shape index (κ1) is 24.5. The summed E-state index contributed by atoms with van der Waals surface area (Å²) in [5.41, 5.74) is 2.34. The van der Waals surface area contributed by atoms with E-state index >= 15 is 0 Å². The highest BCUT2D eigenvalue weighted by Crippen LogP contribution is 2.21. The van der Waals surface area contributed by atoms with Gasteiger partial charge in [0.25, 0.3) is 0 Å². The third-order valence-electron chi connectivity index (χ3n) is 4.90. The molecule has 0 radical (unpaired) electrons. The molecule has 1 aliphatic rings. The van der Waals surface area contributed by atoms with Gasteiger partial charge in [-0.05, 0) is 38.1 Å². The number of hydrogen-bond acceptors (Lipinski definition) is 3. The molecule has 1 heterocycles. The van der Waals surface area contributed by atoms with Crippen LogP contribution in [0.5, 0.6) is 5.75 Å². The van der Waals surface area contributed by atoms with Crippen molar-refractivity contribution in [1.82, 2.24) is 9.80 Å². The van der Waals surface area contributed by atoms with Crippen molar-refractivity contribution in [3.8, 4) is 5.75 Å². The van der Waals surface area contributed by atoms with Gasteiger partial charge in [-0.15, -0.1) is 24.8 Å². The smallest absolute Gasteiger partial charge is 0.126 e. The second-order valence-corrected chi connectivity index (χ2v) is 6.98. The van der Waals surface area contributed by atoms with E-state index < -0.39 is 0 Å². The summed E-state index contributed by atoms with van der Waals surface area (Å²) in [4.78, 5) is 4.97. The van der Waals surface area contributed by atoms with E-state index in [0.717, 1.165) is 24.3 Å². The number of likely N-dealkylation sites (N-methyl/N-ethyl adjacent to an activating group) is 1. The fourth-order valence-electron chi connectivity index (χ4n) is 3.19. The first-order valence-electron chi connectivity index (χ1n) is 9.67. The molecule has 1 aliphatic heterocycles. The van der Waals surface area contributed by atoms with Crippen molar-refractivity contribution in [3.63, 3.8) is 0 Å². The van der Waals surface area contributed by atoms with Crippen molar-refractivity contribution in [2.24, 2.45) is 0 Å². The maximum atomic E-state index is 6.05. The average Bonchev–Trinajstić information content (AvgIpc) is 2.69. The molecule has 1 fully saturated rings. The number of ether oxygens (including phenoxy) is 1. The van der Waals surface area contributed by atoms with Crippen LogP contribution in [0.4, 0.5) is 0 Å². The minimum absolute atomic E-state index is 0. The van der Waals surface area contributed by atoms with Gasteiger partial charge in [-0.1, -0.05) is 60.7 Å². The molecule has 5 heteroatoms. The molecule has 1 saturated heterocycles. The highest BCUT2D eigenvalue weighted by molar-refractivity contribution is 5.85. The predicted molar refractivity (Wildman–Crippen MR) is 125 cm³/mol. The zero-order valence-corrected chi connectivity index (χ0v) is 18.3. The Labute approximate surface area is 182 Å². The summed E-state index contributed by atoms with van der Waals surface area (Å²) in [5, 5.41) is 0. The number of rotatable bonds is 8. The lowest BCUT2D eigenvalue weighted by Gasteiger charge is -2.32. The van der Waals surface area contributed by atoms with Crippen LogP contribution in [0, 0.1) is 0 Å². The third kappa shape index (κ3) is 8.24. The van der Waals surface area contributed by atoms with E-state index in [1.165, 1.54) is 44.7 Å². The fraction of sp³-hybridized carbons (Fsp3) is 0.391. The standard InChI is InChI=1S/C23H30N2O.2ClH/c1-24-16-18-25(19-17-24)15-7-8-20-26-23-12-6-5-11-22(23)14-13-21-9-3-2-4-10-21;;/h2-6,9-14H,7-8,15-20H2,1H3;2*1H/b14-13+;;. The van der Waals surface area contributed by atoms with Crippen LogP contribution in [-0.2, 0) is 0 Å². The second kappa shape index (κ2) is 13.6.